The van der Waals surface area contributed by atoms with E-state index in [1.165, 1.54) is 11.9 Å². The topological polar surface area (TPSA) is 35.8 Å². The summed E-state index contributed by atoms with van der Waals surface area (Å²) in [7, 11) is 7.06. The first kappa shape index (κ1) is 24.5. The van der Waals surface area contributed by atoms with Gasteiger partial charge in [-0.25, -0.2) is 0 Å². The van der Waals surface area contributed by atoms with E-state index in [0.717, 1.165) is 10.2 Å². The van der Waals surface area contributed by atoms with Crippen molar-refractivity contribution in [2.75, 3.05) is 40.8 Å². The van der Waals surface area contributed by atoms with Gasteiger partial charge in [-0.3, -0.25) is 9.89 Å². The number of nitrogens with one attached hydrogen (secondary N) is 1. The number of aromatic nitrogens is 1. The lowest BCUT2D eigenvalue weighted by Gasteiger charge is -2.23. The SMILES string of the molecule is CN=C(NCCCN(C)CC(F)(F)F)N(C)Cc1cc(Br)cn1C.I. The minimum atomic E-state index is -4.15. The van der Waals surface area contributed by atoms with Gasteiger partial charge in [0.05, 0.1) is 13.1 Å². The van der Waals surface area contributed by atoms with E-state index in [2.05, 4.69) is 26.2 Å². The van der Waals surface area contributed by atoms with E-state index < -0.39 is 12.7 Å². The van der Waals surface area contributed by atoms with Gasteiger partial charge in [-0.15, -0.1) is 24.0 Å². The molecular formula is C15H26BrF3IN5. The molecule has 0 bridgehead atoms. The number of alkyl halides is 3. The number of aliphatic imine (C=N–C) groups is 1. The number of aryl methyl sites for hydroxylation is 1. The summed E-state index contributed by atoms with van der Waals surface area (Å²) in [6.07, 6.45) is -1.56. The zero-order chi connectivity index (χ0) is 18.3. The summed E-state index contributed by atoms with van der Waals surface area (Å²) < 4.78 is 39.8. The smallest absolute Gasteiger partial charge is 0.356 e. The van der Waals surface area contributed by atoms with Crippen molar-refractivity contribution >= 4 is 45.9 Å². The fourth-order valence-corrected chi connectivity index (χ4v) is 2.93. The minimum absolute atomic E-state index is 0. The maximum Gasteiger partial charge on any atom is 0.401 e. The number of guanidine groups is 1. The van der Waals surface area contributed by atoms with Crippen molar-refractivity contribution in [1.82, 2.24) is 19.7 Å². The van der Waals surface area contributed by atoms with E-state index in [0.29, 0.717) is 32.0 Å². The highest BCUT2D eigenvalue weighted by Gasteiger charge is 2.28. The second-order valence-corrected chi connectivity index (χ2v) is 6.71. The van der Waals surface area contributed by atoms with Crippen LogP contribution in [-0.4, -0.2) is 67.3 Å². The van der Waals surface area contributed by atoms with Crippen molar-refractivity contribution in [1.29, 1.82) is 0 Å². The molecule has 0 atom stereocenters. The van der Waals surface area contributed by atoms with Gasteiger partial charge in [0.25, 0.3) is 0 Å². The lowest BCUT2D eigenvalue weighted by atomic mass is 10.3. The van der Waals surface area contributed by atoms with Crippen molar-refractivity contribution in [3.05, 3.63) is 22.4 Å². The molecule has 0 unspecified atom stereocenters. The lowest BCUT2D eigenvalue weighted by Crippen LogP contribution is -2.40. The molecule has 0 aliphatic rings. The highest BCUT2D eigenvalue weighted by atomic mass is 127. The van der Waals surface area contributed by atoms with Gasteiger partial charge in [0.15, 0.2) is 5.96 Å². The van der Waals surface area contributed by atoms with E-state index in [9.17, 15) is 13.2 Å². The molecule has 0 spiro atoms. The van der Waals surface area contributed by atoms with Gasteiger partial charge in [0.1, 0.15) is 0 Å². The van der Waals surface area contributed by atoms with Crippen molar-refractivity contribution in [3.63, 3.8) is 0 Å². The van der Waals surface area contributed by atoms with Crippen LogP contribution in [0.4, 0.5) is 13.2 Å². The van der Waals surface area contributed by atoms with Crippen molar-refractivity contribution in [2.45, 2.75) is 19.1 Å². The van der Waals surface area contributed by atoms with E-state index in [1.807, 2.05) is 35.8 Å². The van der Waals surface area contributed by atoms with Crippen LogP contribution in [0.3, 0.4) is 0 Å². The van der Waals surface area contributed by atoms with Gasteiger partial charge >= 0.3 is 6.18 Å². The number of nitrogens with zero attached hydrogens (tertiary/aromatic N) is 4. The molecule has 5 nitrogen and oxygen atoms in total. The van der Waals surface area contributed by atoms with Crippen LogP contribution in [0.25, 0.3) is 0 Å². The molecule has 0 saturated carbocycles. The van der Waals surface area contributed by atoms with Crippen LogP contribution in [0.5, 0.6) is 0 Å². The molecule has 0 fully saturated rings. The Morgan fingerprint density at radius 3 is 2.48 bits per heavy atom. The van der Waals surface area contributed by atoms with Gasteiger partial charge in [0.2, 0.25) is 0 Å². The molecule has 0 amide bonds. The molecule has 0 aromatic carbocycles. The van der Waals surface area contributed by atoms with Gasteiger partial charge in [0, 0.05) is 44.1 Å². The van der Waals surface area contributed by atoms with Crippen LogP contribution in [0.1, 0.15) is 12.1 Å². The van der Waals surface area contributed by atoms with E-state index in [-0.39, 0.29) is 24.0 Å². The molecule has 0 saturated heterocycles. The van der Waals surface area contributed by atoms with Crippen LogP contribution >= 0.6 is 39.9 Å². The molecule has 1 rings (SSSR count). The zero-order valence-electron chi connectivity index (χ0n) is 14.9. The van der Waals surface area contributed by atoms with Crippen LogP contribution in [0.15, 0.2) is 21.7 Å². The molecule has 10 heteroatoms. The number of hydrogen-bond donors (Lipinski definition) is 1. The molecular weight excluding hydrogens is 514 g/mol. The Morgan fingerprint density at radius 2 is 2.00 bits per heavy atom. The summed E-state index contributed by atoms with van der Waals surface area (Å²) in [6.45, 7) is 0.730. The Labute approximate surface area is 172 Å². The average Bonchev–Trinajstić information content (AvgIpc) is 2.74. The highest BCUT2D eigenvalue weighted by molar-refractivity contribution is 14.0. The molecule has 0 radical (unpaired) electrons. The largest absolute Gasteiger partial charge is 0.401 e. The highest BCUT2D eigenvalue weighted by Crippen LogP contribution is 2.16. The van der Waals surface area contributed by atoms with E-state index in [1.54, 1.807) is 7.05 Å². The minimum Gasteiger partial charge on any atom is -0.356 e. The summed E-state index contributed by atoms with van der Waals surface area (Å²) in [6, 6.07) is 2.04. The molecule has 1 aromatic rings. The molecule has 1 N–H and O–H groups in total. The van der Waals surface area contributed by atoms with Crippen molar-refractivity contribution in [2.24, 2.45) is 12.0 Å². The van der Waals surface area contributed by atoms with Gasteiger partial charge < -0.3 is 14.8 Å². The molecule has 1 aromatic heterocycles. The monoisotopic (exact) mass is 539 g/mol. The average molecular weight is 540 g/mol. The standard InChI is InChI=1S/C15H25BrF3N5.HI/c1-20-14(21-6-5-7-22(2)11-15(17,18)19)24(4)10-13-8-12(16)9-23(13)3;/h8-9H,5-7,10-11H2,1-4H3,(H,20,21);1H. The quantitative estimate of drug-likeness (QED) is 0.250. The number of hydrogen-bond acceptors (Lipinski definition) is 2. The molecule has 146 valence electrons. The number of halogens is 5. The third-order valence-corrected chi connectivity index (χ3v) is 3.93. The van der Waals surface area contributed by atoms with Crippen molar-refractivity contribution in [3.8, 4) is 0 Å². The van der Waals surface area contributed by atoms with Gasteiger partial charge in [-0.1, -0.05) is 0 Å². The van der Waals surface area contributed by atoms with Gasteiger partial charge in [-0.05, 0) is 42.0 Å². The molecule has 25 heavy (non-hydrogen) atoms. The first-order chi connectivity index (χ1) is 11.1. The van der Waals surface area contributed by atoms with E-state index in [4.69, 9.17) is 0 Å². The molecule has 0 aliphatic carbocycles. The third kappa shape index (κ3) is 9.69. The normalized spacial score (nSPS) is 12.3. The predicted molar refractivity (Wildman–Crippen MR) is 110 cm³/mol. The maximum atomic E-state index is 12.3. The van der Waals surface area contributed by atoms with Crippen molar-refractivity contribution < 1.29 is 13.2 Å². The first-order valence-corrected chi connectivity index (χ1v) is 8.39. The Bertz CT molecular complexity index is 548. The third-order valence-electron chi connectivity index (χ3n) is 3.50. The molecule has 1 heterocycles. The summed E-state index contributed by atoms with van der Waals surface area (Å²) >= 11 is 3.44. The van der Waals surface area contributed by atoms with Crippen LogP contribution in [0.2, 0.25) is 0 Å². The van der Waals surface area contributed by atoms with Gasteiger partial charge in [-0.2, -0.15) is 13.2 Å². The molecule has 0 aliphatic heterocycles. The first-order valence-electron chi connectivity index (χ1n) is 7.60. The fourth-order valence-electron chi connectivity index (χ4n) is 2.36. The summed E-state index contributed by atoms with van der Waals surface area (Å²) in [5.74, 6) is 0.714. The second-order valence-electron chi connectivity index (χ2n) is 5.80. The Kier molecular flexibility index (Phi) is 11.1. The Morgan fingerprint density at radius 1 is 1.36 bits per heavy atom. The second kappa shape index (κ2) is 11.3. The van der Waals surface area contributed by atoms with E-state index >= 15 is 0 Å². The predicted octanol–water partition coefficient (Wildman–Crippen LogP) is 3.30. The van der Waals surface area contributed by atoms with Crippen LogP contribution in [0, 0.1) is 0 Å². The maximum absolute atomic E-state index is 12.3. The van der Waals surface area contributed by atoms with Crippen LogP contribution < -0.4 is 5.32 Å². The zero-order valence-corrected chi connectivity index (χ0v) is 18.8. The summed E-state index contributed by atoms with van der Waals surface area (Å²) in [4.78, 5) is 7.46. The number of rotatable bonds is 7. The summed E-state index contributed by atoms with van der Waals surface area (Å²) in [5.41, 5.74) is 1.12. The lowest BCUT2D eigenvalue weighted by molar-refractivity contribution is -0.143. The van der Waals surface area contributed by atoms with Crippen LogP contribution in [-0.2, 0) is 13.6 Å². The Balaban J connectivity index is 0.00000576. The summed E-state index contributed by atoms with van der Waals surface area (Å²) in [5, 5.41) is 3.18. The Hall–Kier alpha value is -0.490. The fraction of sp³-hybridized carbons (Fsp3) is 0.667.